The van der Waals surface area contributed by atoms with Crippen LogP contribution in [0.3, 0.4) is 0 Å². The molecule has 0 spiro atoms. The van der Waals surface area contributed by atoms with Crippen LogP contribution in [-0.2, 0) is 19.1 Å². The molecule has 0 saturated heterocycles. The van der Waals surface area contributed by atoms with Crippen molar-refractivity contribution in [2.45, 2.75) is 19.3 Å². The van der Waals surface area contributed by atoms with Gasteiger partial charge >= 0.3 is 11.9 Å². The standard InChI is InChI=1S/C24H28O8/c1-14-7-9-15(10-8-14)18(25)13-17(21(23(26)31-5)24(27)32-6)16-11-19(28-2)22(30-4)20(12-16)29-3/h7-12,17,21H,13H2,1-6H3/t17-/m0/s1. The molecule has 1 atom stereocenters. The predicted molar refractivity (Wildman–Crippen MR) is 116 cm³/mol. The topological polar surface area (TPSA) is 97.4 Å². The summed E-state index contributed by atoms with van der Waals surface area (Å²) in [6, 6.07) is 10.3. The monoisotopic (exact) mass is 444 g/mol. The van der Waals surface area contributed by atoms with Gasteiger partial charge in [-0.2, -0.15) is 0 Å². The molecule has 0 aliphatic carbocycles. The summed E-state index contributed by atoms with van der Waals surface area (Å²) < 4.78 is 25.9. The van der Waals surface area contributed by atoms with Crippen LogP contribution in [0.2, 0.25) is 0 Å². The van der Waals surface area contributed by atoms with Crippen molar-refractivity contribution in [2.24, 2.45) is 5.92 Å². The average molecular weight is 444 g/mol. The minimum absolute atomic E-state index is 0.156. The Bertz CT molecular complexity index is 923. The summed E-state index contributed by atoms with van der Waals surface area (Å²) in [4.78, 5) is 38.3. The van der Waals surface area contributed by atoms with Crippen LogP contribution in [0.15, 0.2) is 36.4 Å². The first-order valence-electron chi connectivity index (χ1n) is 9.86. The number of rotatable bonds is 10. The zero-order valence-electron chi connectivity index (χ0n) is 19.1. The van der Waals surface area contributed by atoms with Crippen LogP contribution >= 0.6 is 0 Å². The van der Waals surface area contributed by atoms with Crippen molar-refractivity contribution in [3.63, 3.8) is 0 Å². The van der Waals surface area contributed by atoms with Crippen molar-refractivity contribution in [3.8, 4) is 17.2 Å². The molecule has 32 heavy (non-hydrogen) atoms. The minimum Gasteiger partial charge on any atom is -0.493 e. The van der Waals surface area contributed by atoms with Crippen molar-refractivity contribution >= 4 is 17.7 Å². The van der Waals surface area contributed by atoms with Gasteiger partial charge in [-0.3, -0.25) is 14.4 Å². The molecule has 0 aliphatic heterocycles. The van der Waals surface area contributed by atoms with Crippen molar-refractivity contribution < 1.29 is 38.1 Å². The molecular formula is C24H28O8. The first-order valence-corrected chi connectivity index (χ1v) is 9.86. The number of hydrogen-bond acceptors (Lipinski definition) is 8. The second kappa shape index (κ2) is 11.2. The quantitative estimate of drug-likeness (QED) is 0.313. The molecule has 8 heteroatoms. The second-order valence-corrected chi connectivity index (χ2v) is 7.08. The summed E-state index contributed by atoms with van der Waals surface area (Å²) in [6.45, 7) is 1.91. The van der Waals surface area contributed by atoms with Crippen molar-refractivity contribution in [1.29, 1.82) is 0 Å². The van der Waals surface area contributed by atoms with E-state index < -0.39 is 23.8 Å². The first kappa shape index (κ1) is 24.7. The molecule has 0 fully saturated rings. The van der Waals surface area contributed by atoms with E-state index in [2.05, 4.69) is 0 Å². The van der Waals surface area contributed by atoms with Gasteiger partial charge in [-0.1, -0.05) is 29.8 Å². The van der Waals surface area contributed by atoms with E-state index >= 15 is 0 Å². The Morgan fingerprint density at radius 3 is 1.69 bits per heavy atom. The maximum Gasteiger partial charge on any atom is 0.320 e. The number of carbonyl (C=O) groups excluding carboxylic acids is 3. The number of Topliss-reactive ketones (excluding diaryl/α,β-unsaturated/α-hetero) is 1. The number of benzene rings is 2. The molecule has 2 rings (SSSR count). The van der Waals surface area contributed by atoms with Crippen LogP contribution in [-0.4, -0.2) is 53.3 Å². The maximum absolute atomic E-state index is 13.1. The lowest BCUT2D eigenvalue weighted by molar-refractivity contribution is -0.159. The molecule has 0 radical (unpaired) electrons. The Kier molecular flexibility index (Phi) is 8.63. The highest BCUT2D eigenvalue weighted by Crippen LogP contribution is 2.43. The SMILES string of the molecule is COC(=O)C(C(=O)OC)[C@@H](CC(=O)c1ccc(C)cc1)c1cc(OC)c(OC)c(OC)c1. The van der Waals surface area contributed by atoms with Crippen LogP contribution in [0.5, 0.6) is 17.2 Å². The third-order valence-corrected chi connectivity index (χ3v) is 5.21. The molecule has 8 nitrogen and oxygen atoms in total. The number of esters is 2. The van der Waals surface area contributed by atoms with Crippen LogP contribution in [0, 0.1) is 12.8 Å². The van der Waals surface area contributed by atoms with Gasteiger partial charge in [-0.15, -0.1) is 0 Å². The molecule has 0 N–H and O–H groups in total. The second-order valence-electron chi connectivity index (χ2n) is 7.08. The van der Waals surface area contributed by atoms with Crippen molar-refractivity contribution in [3.05, 3.63) is 53.1 Å². The molecular weight excluding hydrogens is 416 g/mol. The van der Waals surface area contributed by atoms with Crippen LogP contribution in [0.1, 0.15) is 33.8 Å². The van der Waals surface area contributed by atoms with Gasteiger partial charge in [0.1, 0.15) is 0 Å². The van der Waals surface area contributed by atoms with Gasteiger partial charge in [-0.25, -0.2) is 0 Å². The molecule has 0 heterocycles. The van der Waals surface area contributed by atoms with E-state index in [1.54, 1.807) is 24.3 Å². The average Bonchev–Trinajstić information content (AvgIpc) is 2.82. The lowest BCUT2D eigenvalue weighted by Gasteiger charge is -2.25. The highest BCUT2D eigenvalue weighted by atomic mass is 16.5. The van der Waals surface area contributed by atoms with E-state index in [9.17, 15) is 14.4 Å². The van der Waals surface area contributed by atoms with E-state index in [1.807, 2.05) is 19.1 Å². The number of ether oxygens (including phenoxy) is 5. The minimum atomic E-state index is -1.37. The van der Waals surface area contributed by atoms with E-state index in [4.69, 9.17) is 23.7 Å². The fourth-order valence-corrected chi connectivity index (χ4v) is 3.48. The Morgan fingerprint density at radius 2 is 1.28 bits per heavy atom. The van der Waals surface area contributed by atoms with Crippen LogP contribution in [0.25, 0.3) is 0 Å². The molecule has 0 aliphatic rings. The third-order valence-electron chi connectivity index (χ3n) is 5.21. The lowest BCUT2D eigenvalue weighted by Crippen LogP contribution is -2.33. The molecule has 0 saturated carbocycles. The van der Waals surface area contributed by atoms with Gasteiger partial charge in [0, 0.05) is 17.9 Å². The number of hydrogen-bond donors (Lipinski definition) is 0. The summed E-state index contributed by atoms with van der Waals surface area (Å²) in [5.41, 5.74) is 1.92. The molecule has 0 amide bonds. The van der Waals surface area contributed by atoms with Crippen LogP contribution < -0.4 is 14.2 Å². The number of aryl methyl sites for hydroxylation is 1. The maximum atomic E-state index is 13.1. The van der Waals surface area contributed by atoms with Gasteiger partial charge in [-0.05, 0) is 24.6 Å². The summed E-state index contributed by atoms with van der Waals surface area (Å²) in [5.74, 6) is -3.16. The van der Waals surface area contributed by atoms with Gasteiger partial charge in [0.25, 0.3) is 0 Å². The molecule has 2 aromatic rings. The van der Waals surface area contributed by atoms with Gasteiger partial charge in [0.2, 0.25) is 5.75 Å². The summed E-state index contributed by atoms with van der Waals surface area (Å²) in [6.07, 6.45) is -0.156. The number of methoxy groups -OCH3 is 5. The molecule has 2 aromatic carbocycles. The molecule has 0 bridgehead atoms. The zero-order chi connectivity index (χ0) is 23.8. The smallest absolute Gasteiger partial charge is 0.320 e. The van der Waals surface area contributed by atoms with Crippen molar-refractivity contribution in [2.75, 3.05) is 35.5 Å². The zero-order valence-corrected chi connectivity index (χ0v) is 19.1. The van der Waals surface area contributed by atoms with E-state index in [1.165, 1.54) is 35.5 Å². The third kappa shape index (κ3) is 5.38. The molecule has 0 unspecified atom stereocenters. The Balaban J connectivity index is 2.64. The highest BCUT2D eigenvalue weighted by Gasteiger charge is 2.40. The lowest BCUT2D eigenvalue weighted by atomic mass is 9.81. The number of ketones is 1. The Hall–Kier alpha value is -3.55. The van der Waals surface area contributed by atoms with E-state index in [-0.39, 0.29) is 12.2 Å². The normalized spacial score (nSPS) is 11.5. The number of carbonyl (C=O) groups is 3. The molecule has 0 aromatic heterocycles. The predicted octanol–water partition coefficient (Wildman–Crippen LogP) is 3.34. The Morgan fingerprint density at radius 1 is 0.781 bits per heavy atom. The summed E-state index contributed by atoms with van der Waals surface area (Å²) >= 11 is 0. The van der Waals surface area contributed by atoms with E-state index in [0.717, 1.165) is 5.56 Å². The highest BCUT2D eigenvalue weighted by molar-refractivity contribution is 6.00. The fraction of sp³-hybridized carbons (Fsp3) is 0.375. The Labute approximate surface area is 187 Å². The van der Waals surface area contributed by atoms with Gasteiger partial charge in [0.15, 0.2) is 23.2 Å². The summed E-state index contributed by atoms with van der Waals surface area (Å²) in [5, 5.41) is 0. The molecule has 172 valence electrons. The van der Waals surface area contributed by atoms with Gasteiger partial charge < -0.3 is 23.7 Å². The van der Waals surface area contributed by atoms with Gasteiger partial charge in [0.05, 0.1) is 35.5 Å². The van der Waals surface area contributed by atoms with Crippen molar-refractivity contribution in [1.82, 2.24) is 0 Å². The summed E-state index contributed by atoms with van der Waals surface area (Å²) in [7, 11) is 6.71. The van der Waals surface area contributed by atoms with E-state index in [0.29, 0.717) is 28.4 Å². The van der Waals surface area contributed by atoms with Crippen LogP contribution in [0.4, 0.5) is 0 Å². The largest absolute Gasteiger partial charge is 0.493 e. The first-order chi connectivity index (χ1) is 15.3. The fourth-order valence-electron chi connectivity index (χ4n) is 3.48.